The lowest BCUT2D eigenvalue weighted by atomic mass is 10.1. The van der Waals surface area contributed by atoms with Crippen molar-refractivity contribution in [2.45, 2.75) is 12.8 Å². The average Bonchev–Trinajstić information content (AvgIpc) is 2.97. The van der Waals surface area contributed by atoms with Gasteiger partial charge in [0.05, 0.1) is 23.3 Å². The third kappa shape index (κ3) is 1.79. The van der Waals surface area contributed by atoms with Gasteiger partial charge in [0, 0.05) is 7.05 Å². The molecule has 0 amide bonds. The number of hydrogen-bond acceptors (Lipinski definition) is 2. The van der Waals surface area contributed by atoms with Crippen molar-refractivity contribution in [1.82, 2.24) is 9.55 Å². The maximum atomic E-state index is 10.8. The van der Waals surface area contributed by atoms with E-state index in [1.54, 1.807) is 6.33 Å². The van der Waals surface area contributed by atoms with Crippen LogP contribution in [0.5, 0.6) is 0 Å². The van der Waals surface area contributed by atoms with E-state index >= 15 is 0 Å². The largest absolute Gasteiger partial charge is 0.481 e. The van der Waals surface area contributed by atoms with Crippen molar-refractivity contribution >= 4 is 17.0 Å². The van der Waals surface area contributed by atoms with E-state index < -0.39 is 5.97 Å². The van der Waals surface area contributed by atoms with Crippen LogP contribution in [0.4, 0.5) is 0 Å². The number of benzene rings is 1. The van der Waals surface area contributed by atoms with Gasteiger partial charge in [-0.25, -0.2) is 4.98 Å². The van der Waals surface area contributed by atoms with Crippen LogP contribution in [0.1, 0.15) is 12.0 Å². The molecule has 2 aromatic rings. The molecule has 2 unspecified atom stereocenters. The van der Waals surface area contributed by atoms with Crippen LogP contribution in [0.25, 0.3) is 11.0 Å². The fourth-order valence-corrected chi connectivity index (χ4v) is 2.39. The molecule has 1 aromatic heterocycles. The molecule has 0 bridgehead atoms. The predicted molar refractivity (Wildman–Crippen MR) is 63.7 cm³/mol. The summed E-state index contributed by atoms with van der Waals surface area (Å²) in [5.41, 5.74) is 3.28. The van der Waals surface area contributed by atoms with E-state index in [2.05, 4.69) is 23.2 Å². The maximum absolute atomic E-state index is 10.8. The summed E-state index contributed by atoms with van der Waals surface area (Å²) in [6.07, 6.45) is 3.46. The Kier molecular flexibility index (Phi) is 2.18. The van der Waals surface area contributed by atoms with Crippen LogP contribution in [-0.2, 0) is 18.3 Å². The zero-order valence-electron chi connectivity index (χ0n) is 9.63. The molecule has 0 saturated heterocycles. The highest BCUT2D eigenvalue weighted by Gasteiger charge is 2.42. The summed E-state index contributed by atoms with van der Waals surface area (Å²) in [5.74, 6) is -0.475. The smallest absolute Gasteiger partial charge is 0.306 e. The Labute approximate surface area is 98.9 Å². The first-order chi connectivity index (χ1) is 8.15. The Morgan fingerprint density at radius 1 is 1.59 bits per heavy atom. The van der Waals surface area contributed by atoms with E-state index in [4.69, 9.17) is 5.11 Å². The minimum absolute atomic E-state index is 0.130. The van der Waals surface area contributed by atoms with Gasteiger partial charge >= 0.3 is 5.97 Å². The van der Waals surface area contributed by atoms with Gasteiger partial charge in [-0.05, 0) is 36.5 Å². The van der Waals surface area contributed by atoms with Crippen molar-refractivity contribution in [2.75, 3.05) is 0 Å². The first kappa shape index (κ1) is 10.3. The van der Waals surface area contributed by atoms with Gasteiger partial charge in [0.2, 0.25) is 0 Å². The molecule has 0 aliphatic heterocycles. The number of aromatic nitrogens is 2. The second-order valence-corrected chi connectivity index (χ2v) is 4.82. The maximum Gasteiger partial charge on any atom is 0.306 e. The van der Waals surface area contributed by atoms with Gasteiger partial charge in [-0.15, -0.1) is 0 Å². The highest BCUT2D eigenvalue weighted by molar-refractivity contribution is 5.76. The zero-order chi connectivity index (χ0) is 12.0. The highest BCUT2D eigenvalue weighted by Crippen LogP contribution is 2.41. The van der Waals surface area contributed by atoms with Crippen molar-refractivity contribution < 1.29 is 9.90 Å². The van der Waals surface area contributed by atoms with Crippen molar-refractivity contribution in [2.24, 2.45) is 18.9 Å². The van der Waals surface area contributed by atoms with Crippen molar-refractivity contribution in [3.63, 3.8) is 0 Å². The molecule has 1 aromatic carbocycles. The minimum atomic E-state index is -0.658. The van der Waals surface area contributed by atoms with E-state index in [0.29, 0.717) is 5.92 Å². The number of hydrogen-bond donors (Lipinski definition) is 1. The number of nitrogens with zero attached hydrogens (tertiary/aromatic N) is 2. The van der Waals surface area contributed by atoms with E-state index in [1.165, 1.54) is 5.56 Å². The molecular weight excluding hydrogens is 216 g/mol. The van der Waals surface area contributed by atoms with Gasteiger partial charge in [-0.1, -0.05) is 6.07 Å². The Morgan fingerprint density at radius 3 is 3.12 bits per heavy atom. The standard InChI is InChI=1S/C13H14N2O2/c1-15-7-14-11-5-8(2-3-12(11)15)4-9-6-10(9)13(16)17/h2-3,5,7,9-10H,4,6H2,1H3,(H,16,17). The van der Waals surface area contributed by atoms with Crippen molar-refractivity contribution in [3.8, 4) is 0 Å². The molecule has 3 rings (SSSR count). The van der Waals surface area contributed by atoms with E-state index in [1.807, 2.05) is 11.6 Å². The number of imidazole rings is 1. The van der Waals surface area contributed by atoms with Gasteiger partial charge in [0.15, 0.2) is 0 Å². The third-order valence-electron chi connectivity index (χ3n) is 3.53. The van der Waals surface area contributed by atoms with Gasteiger partial charge in [-0.3, -0.25) is 4.79 Å². The lowest BCUT2D eigenvalue weighted by Gasteiger charge is -2.00. The van der Waals surface area contributed by atoms with Crippen molar-refractivity contribution in [1.29, 1.82) is 0 Å². The summed E-state index contributed by atoms with van der Waals surface area (Å²) in [7, 11) is 1.97. The lowest BCUT2D eigenvalue weighted by Crippen LogP contribution is -2.01. The fraction of sp³-hybridized carbons (Fsp3) is 0.385. The molecule has 17 heavy (non-hydrogen) atoms. The van der Waals surface area contributed by atoms with Crippen LogP contribution in [0.2, 0.25) is 0 Å². The molecule has 2 atom stereocenters. The second-order valence-electron chi connectivity index (χ2n) is 4.82. The summed E-state index contributed by atoms with van der Waals surface area (Å²) in [6.45, 7) is 0. The molecule has 0 spiro atoms. The van der Waals surface area contributed by atoms with Crippen LogP contribution in [0.15, 0.2) is 24.5 Å². The second kappa shape index (κ2) is 3.58. The van der Waals surface area contributed by atoms with E-state index in [0.717, 1.165) is 23.9 Å². The monoisotopic (exact) mass is 230 g/mol. The summed E-state index contributed by atoms with van der Waals surface area (Å²) < 4.78 is 1.98. The van der Waals surface area contributed by atoms with Crippen LogP contribution in [0, 0.1) is 11.8 Å². The Balaban J connectivity index is 1.80. The summed E-state index contributed by atoms with van der Waals surface area (Å²) in [5, 5.41) is 8.86. The quantitative estimate of drug-likeness (QED) is 0.875. The number of fused-ring (bicyclic) bond motifs is 1. The minimum Gasteiger partial charge on any atom is -0.481 e. The molecule has 0 radical (unpaired) electrons. The molecule has 1 fully saturated rings. The molecule has 1 aliphatic rings. The molecule has 1 N–H and O–H groups in total. The van der Waals surface area contributed by atoms with Crippen LogP contribution >= 0.6 is 0 Å². The Hall–Kier alpha value is -1.84. The highest BCUT2D eigenvalue weighted by atomic mass is 16.4. The SMILES string of the molecule is Cn1cnc2cc(CC3CC3C(=O)O)ccc21. The topological polar surface area (TPSA) is 55.1 Å². The molecule has 88 valence electrons. The number of carbonyl (C=O) groups is 1. The Morgan fingerprint density at radius 2 is 2.41 bits per heavy atom. The first-order valence-electron chi connectivity index (χ1n) is 5.78. The molecule has 1 aliphatic carbocycles. The predicted octanol–water partition coefficient (Wildman–Crippen LogP) is 1.84. The number of carboxylic acid groups (broad SMARTS) is 1. The van der Waals surface area contributed by atoms with E-state index in [9.17, 15) is 4.79 Å². The molecule has 4 heteroatoms. The molecular formula is C13H14N2O2. The zero-order valence-corrected chi connectivity index (χ0v) is 9.63. The van der Waals surface area contributed by atoms with Crippen LogP contribution in [-0.4, -0.2) is 20.6 Å². The average molecular weight is 230 g/mol. The number of rotatable bonds is 3. The fourth-order valence-electron chi connectivity index (χ4n) is 2.39. The normalized spacial score (nSPS) is 22.9. The van der Waals surface area contributed by atoms with Gasteiger partial charge in [0.25, 0.3) is 0 Å². The number of aryl methyl sites for hydroxylation is 1. The van der Waals surface area contributed by atoms with Gasteiger partial charge < -0.3 is 9.67 Å². The third-order valence-corrected chi connectivity index (χ3v) is 3.53. The molecule has 4 nitrogen and oxygen atoms in total. The van der Waals surface area contributed by atoms with Gasteiger partial charge in [0.1, 0.15) is 0 Å². The summed E-state index contributed by atoms with van der Waals surface area (Å²) >= 11 is 0. The van der Waals surface area contributed by atoms with Gasteiger partial charge in [-0.2, -0.15) is 0 Å². The molecule has 1 heterocycles. The summed E-state index contributed by atoms with van der Waals surface area (Å²) in [6, 6.07) is 6.18. The van der Waals surface area contributed by atoms with E-state index in [-0.39, 0.29) is 5.92 Å². The lowest BCUT2D eigenvalue weighted by molar-refractivity contribution is -0.138. The van der Waals surface area contributed by atoms with Crippen LogP contribution in [0.3, 0.4) is 0 Å². The Bertz CT molecular complexity index is 588. The molecule has 1 saturated carbocycles. The summed E-state index contributed by atoms with van der Waals surface area (Å²) in [4.78, 5) is 15.1. The van der Waals surface area contributed by atoms with Crippen LogP contribution < -0.4 is 0 Å². The van der Waals surface area contributed by atoms with Crippen molar-refractivity contribution in [3.05, 3.63) is 30.1 Å². The number of aliphatic carboxylic acids is 1. The first-order valence-corrected chi connectivity index (χ1v) is 5.78. The number of carboxylic acids is 1.